The van der Waals surface area contributed by atoms with E-state index in [1.54, 1.807) is 6.20 Å². The highest BCUT2D eigenvalue weighted by atomic mass is 15.3. The van der Waals surface area contributed by atoms with E-state index in [2.05, 4.69) is 20.7 Å². The summed E-state index contributed by atoms with van der Waals surface area (Å²) in [6.45, 7) is 0.590. The lowest BCUT2D eigenvalue weighted by atomic mass is 9.96. The third kappa shape index (κ3) is 4.00. The van der Waals surface area contributed by atoms with Gasteiger partial charge >= 0.3 is 0 Å². The second kappa shape index (κ2) is 6.96. The fourth-order valence-corrected chi connectivity index (χ4v) is 2.24. The normalized spacial score (nSPS) is 17.5. The summed E-state index contributed by atoms with van der Waals surface area (Å²) in [6.07, 6.45) is 9.90. The minimum atomic E-state index is 0.502. The molecule has 5 nitrogen and oxygen atoms in total. The lowest BCUT2D eigenvalue weighted by molar-refractivity contribution is 0.410. The molecule has 4 N–H and O–H groups in total. The summed E-state index contributed by atoms with van der Waals surface area (Å²) in [6, 6.07) is 4.42. The van der Waals surface area contributed by atoms with Crippen LogP contribution in [-0.2, 0) is 6.54 Å². The van der Waals surface area contributed by atoms with Crippen molar-refractivity contribution in [2.45, 2.75) is 44.7 Å². The fraction of sp³-hybridized carbons (Fsp3) is 0.538. The molecule has 1 fully saturated rings. The summed E-state index contributed by atoms with van der Waals surface area (Å²) in [7, 11) is 0. The molecule has 98 valence electrons. The molecule has 1 aromatic heterocycles. The zero-order valence-corrected chi connectivity index (χ0v) is 10.6. The van der Waals surface area contributed by atoms with Crippen molar-refractivity contribution in [3.8, 4) is 0 Å². The summed E-state index contributed by atoms with van der Waals surface area (Å²) in [4.78, 5) is 8.50. The minimum Gasteiger partial charge on any atom is -0.353 e. The van der Waals surface area contributed by atoms with Gasteiger partial charge in [0.05, 0.1) is 6.54 Å². The van der Waals surface area contributed by atoms with E-state index in [0.29, 0.717) is 18.5 Å². The molecule has 1 aliphatic carbocycles. The van der Waals surface area contributed by atoms with Gasteiger partial charge in [-0.05, 0) is 24.5 Å². The van der Waals surface area contributed by atoms with E-state index in [-0.39, 0.29) is 0 Å². The highest BCUT2D eigenvalue weighted by Crippen LogP contribution is 2.17. The van der Waals surface area contributed by atoms with Gasteiger partial charge in [0.15, 0.2) is 0 Å². The number of pyridine rings is 1. The van der Waals surface area contributed by atoms with Crippen LogP contribution in [-0.4, -0.2) is 17.0 Å². The quantitative estimate of drug-likeness (QED) is 0.326. The molecule has 5 heteroatoms. The van der Waals surface area contributed by atoms with Crippen molar-refractivity contribution in [3.63, 3.8) is 0 Å². The van der Waals surface area contributed by atoms with Crippen molar-refractivity contribution in [2.75, 3.05) is 0 Å². The number of hydrazine groups is 1. The highest BCUT2D eigenvalue weighted by Gasteiger charge is 2.13. The highest BCUT2D eigenvalue weighted by molar-refractivity contribution is 5.79. The molecule has 0 aromatic carbocycles. The van der Waals surface area contributed by atoms with Crippen molar-refractivity contribution in [2.24, 2.45) is 10.8 Å². The summed E-state index contributed by atoms with van der Waals surface area (Å²) in [5.74, 6) is 6.17. The van der Waals surface area contributed by atoms with Gasteiger partial charge < -0.3 is 5.32 Å². The maximum absolute atomic E-state index is 5.50. The largest absolute Gasteiger partial charge is 0.353 e. The number of guanidine groups is 1. The second-order valence-electron chi connectivity index (χ2n) is 4.65. The van der Waals surface area contributed by atoms with Gasteiger partial charge in [0.2, 0.25) is 5.96 Å². The van der Waals surface area contributed by atoms with Crippen LogP contribution in [0.15, 0.2) is 29.5 Å². The van der Waals surface area contributed by atoms with Crippen molar-refractivity contribution in [1.82, 2.24) is 15.7 Å². The van der Waals surface area contributed by atoms with Crippen molar-refractivity contribution >= 4 is 5.96 Å². The van der Waals surface area contributed by atoms with Crippen molar-refractivity contribution in [1.29, 1.82) is 0 Å². The Kier molecular flexibility index (Phi) is 4.96. The van der Waals surface area contributed by atoms with Gasteiger partial charge in [-0.15, -0.1) is 0 Å². The van der Waals surface area contributed by atoms with Crippen LogP contribution < -0.4 is 16.6 Å². The molecule has 0 radical (unpaired) electrons. The molecule has 1 saturated carbocycles. The van der Waals surface area contributed by atoms with Gasteiger partial charge in [0.1, 0.15) is 0 Å². The van der Waals surface area contributed by atoms with Crippen LogP contribution in [0.1, 0.15) is 37.7 Å². The smallest absolute Gasteiger partial charge is 0.206 e. The minimum absolute atomic E-state index is 0.502. The third-order valence-corrected chi connectivity index (χ3v) is 3.23. The lowest BCUT2D eigenvalue weighted by Gasteiger charge is -2.24. The molecule has 0 spiro atoms. The number of nitrogens with zero attached hydrogens (tertiary/aromatic N) is 2. The molecule has 0 unspecified atom stereocenters. The first-order chi connectivity index (χ1) is 8.88. The summed E-state index contributed by atoms with van der Waals surface area (Å²) in [5.41, 5.74) is 3.72. The van der Waals surface area contributed by atoms with Crippen molar-refractivity contribution in [3.05, 3.63) is 30.1 Å². The Balaban J connectivity index is 1.87. The van der Waals surface area contributed by atoms with E-state index >= 15 is 0 Å². The number of aromatic nitrogens is 1. The molecule has 0 atom stereocenters. The number of hydrogen-bond donors (Lipinski definition) is 3. The summed E-state index contributed by atoms with van der Waals surface area (Å²) >= 11 is 0. The van der Waals surface area contributed by atoms with E-state index in [1.807, 2.05) is 18.3 Å². The summed E-state index contributed by atoms with van der Waals surface area (Å²) in [5, 5.41) is 3.37. The Bertz CT molecular complexity index is 370. The van der Waals surface area contributed by atoms with E-state index in [4.69, 9.17) is 5.84 Å². The maximum Gasteiger partial charge on any atom is 0.206 e. The number of nitrogens with two attached hydrogens (primary N) is 1. The Morgan fingerprint density at radius 3 is 2.89 bits per heavy atom. The molecule has 1 heterocycles. The van der Waals surface area contributed by atoms with Crippen LogP contribution in [0.2, 0.25) is 0 Å². The zero-order valence-electron chi connectivity index (χ0n) is 10.6. The number of nitrogens with one attached hydrogen (secondary N) is 2. The SMILES string of the molecule is NNC(=NCc1cccnc1)NC1CCCCC1. The first-order valence-electron chi connectivity index (χ1n) is 6.55. The maximum atomic E-state index is 5.50. The molecule has 0 aliphatic heterocycles. The molecular formula is C13H21N5. The molecule has 0 amide bonds. The van der Waals surface area contributed by atoms with E-state index < -0.39 is 0 Å². The Labute approximate surface area is 108 Å². The Morgan fingerprint density at radius 2 is 2.22 bits per heavy atom. The molecule has 1 aliphatic rings. The number of rotatable bonds is 3. The summed E-state index contributed by atoms with van der Waals surface area (Å²) < 4.78 is 0. The van der Waals surface area contributed by atoms with Crippen LogP contribution in [0, 0.1) is 0 Å². The van der Waals surface area contributed by atoms with Crippen LogP contribution in [0.5, 0.6) is 0 Å². The van der Waals surface area contributed by atoms with Gasteiger partial charge in [0, 0.05) is 18.4 Å². The standard InChI is InChI=1S/C13H21N5/c14-18-13(17-12-6-2-1-3-7-12)16-10-11-5-4-8-15-9-11/h4-5,8-9,12H,1-3,6-7,10,14H2,(H2,16,17,18). The molecule has 1 aromatic rings. The number of hydrogen-bond acceptors (Lipinski definition) is 3. The van der Waals surface area contributed by atoms with Gasteiger partial charge in [-0.1, -0.05) is 25.3 Å². The van der Waals surface area contributed by atoms with Gasteiger partial charge in [0.25, 0.3) is 0 Å². The van der Waals surface area contributed by atoms with Crippen LogP contribution >= 0.6 is 0 Å². The van der Waals surface area contributed by atoms with E-state index in [9.17, 15) is 0 Å². The molecule has 0 bridgehead atoms. The third-order valence-electron chi connectivity index (χ3n) is 3.23. The number of aliphatic imine (C=N–C) groups is 1. The van der Waals surface area contributed by atoms with Gasteiger partial charge in [-0.25, -0.2) is 10.8 Å². The molecular weight excluding hydrogens is 226 g/mol. The molecule has 2 rings (SSSR count). The predicted octanol–water partition coefficient (Wildman–Crippen LogP) is 1.32. The van der Waals surface area contributed by atoms with Gasteiger partial charge in [-0.2, -0.15) is 0 Å². The molecule has 18 heavy (non-hydrogen) atoms. The Hall–Kier alpha value is -1.62. The van der Waals surface area contributed by atoms with Crippen LogP contribution in [0.25, 0.3) is 0 Å². The van der Waals surface area contributed by atoms with Gasteiger partial charge in [-0.3, -0.25) is 10.4 Å². The average molecular weight is 247 g/mol. The topological polar surface area (TPSA) is 75.3 Å². The second-order valence-corrected chi connectivity index (χ2v) is 4.65. The Morgan fingerprint density at radius 1 is 1.39 bits per heavy atom. The predicted molar refractivity (Wildman–Crippen MR) is 72.7 cm³/mol. The fourth-order valence-electron chi connectivity index (χ4n) is 2.24. The lowest BCUT2D eigenvalue weighted by Crippen LogP contribution is -2.47. The monoisotopic (exact) mass is 247 g/mol. The van der Waals surface area contributed by atoms with E-state index in [1.165, 1.54) is 32.1 Å². The van der Waals surface area contributed by atoms with Crippen LogP contribution in [0.4, 0.5) is 0 Å². The first-order valence-corrected chi connectivity index (χ1v) is 6.55. The molecule has 0 saturated heterocycles. The van der Waals surface area contributed by atoms with Crippen molar-refractivity contribution < 1.29 is 0 Å². The average Bonchev–Trinajstić information content (AvgIpc) is 2.45. The van der Waals surface area contributed by atoms with E-state index in [0.717, 1.165) is 5.56 Å². The zero-order chi connectivity index (χ0) is 12.6. The van der Waals surface area contributed by atoms with Crippen LogP contribution in [0.3, 0.4) is 0 Å². The first kappa shape index (κ1) is 12.8.